The monoisotopic (exact) mass is 848 g/mol. The van der Waals surface area contributed by atoms with Crippen LogP contribution in [0, 0.1) is 24.3 Å². The fraction of sp³-hybridized carbons (Fsp3) is 0.412. The standard InChI is InChI=1S/2C8H11NO.CH3I.3HI.V/c2*1-3-8-5-4-7(2)9(10)6-8;1-2;;;;/h2*4-6H,3H2,1-2H3;1H3;3*1H;/q;;;;;;+3/p-3. The summed E-state index contributed by atoms with van der Waals surface area (Å²) >= 11 is 9.54. The van der Waals surface area contributed by atoms with Crippen LogP contribution in [0.1, 0.15) is 36.4 Å². The van der Waals surface area contributed by atoms with E-state index in [-0.39, 0.29) is 4.92 Å². The third kappa shape index (κ3) is 15.3. The minimum absolute atomic E-state index is 0.278. The Morgan fingerprint density at radius 2 is 1.04 bits per heavy atom. The van der Waals surface area contributed by atoms with Crippen molar-refractivity contribution in [3.8, 4) is 0 Å². The zero-order chi connectivity index (χ0) is 20.7. The van der Waals surface area contributed by atoms with Crippen LogP contribution in [0.3, 0.4) is 0 Å². The summed E-state index contributed by atoms with van der Waals surface area (Å²) in [7, 11) is 0. The Hall–Kier alpha value is 1.40. The normalized spacial score (nSPS) is 9.15. The van der Waals surface area contributed by atoms with Crippen LogP contribution in [0.2, 0.25) is 0 Å². The van der Waals surface area contributed by atoms with Crippen molar-refractivity contribution in [2.24, 2.45) is 0 Å². The first-order valence-corrected chi connectivity index (χ1v) is 23.4. The second kappa shape index (κ2) is 18.4. The average Bonchev–Trinajstić information content (AvgIpc) is 2.61. The van der Waals surface area contributed by atoms with Crippen molar-refractivity contribution in [2.45, 2.75) is 40.5 Å². The summed E-state index contributed by atoms with van der Waals surface area (Å²) in [6, 6.07) is 7.63. The Morgan fingerprint density at radius 3 is 1.23 bits per heavy atom. The fourth-order valence-corrected chi connectivity index (χ4v) is 1.61. The molecule has 0 atom stereocenters. The van der Waals surface area contributed by atoms with E-state index in [1.807, 2.05) is 43.0 Å². The van der Waals surface area contributed by atoms with Crippen LogP contribution < -0.4 is 9.46 Å². The Kier molecular flexibility index (Phi) is 21.0. The molecule has 26 heavy (non-hydrogen) atoms. The van der Waals surface area contributed by atoms with Gasteiger partial charge in [-0.15, -0.1) is 0 Å². The number of hydrogen-bond acceptors (Lipinski definition) is 2. The van der Waals surface area contributed by atoms with Gasteiger partial charge in [0.25, 0.3) is 0 Å². The molecule has 2 rings (SSSR count). The fourth-order valence-electron chi connectivity index (χ4n) is 1.61. The van der Waals surface area contributed by atoms with Crippen LogP contribution >= 0.6 is 82.5 Å². The van der Waals surface area contributed by atoms with E-state index >= 15 is 0 Å². The van der Waals surface area contributed by atoms with E-state index in [0.29, 0.717) is 0 Å². The summed E-state index contributed by atoms with van der Waals surface area (Å²) in [5.74, 6) is 0. The van der Waals surface area contributed by atoms with Gasteiger partial charge < -0.3 is 10.4 Å². The molecule has 0 spiro atoms. The summed E-state index contributed by atoms with van der Waals surface area (Å²) < 4.78 is 1.80. The van der Waals surface area contributed by atoms with Gasteiger partial charge in [-0.3, -0.25) is 0 Å². The van der Waals surface area contributed by atoms with Crippen molar-refractivity contribution in [2.75, 3.05) is 4.93 Å². The molecule has 9 heteroatoms. The Bertz CT molecular complexity index is 577. The first-order chi connectivity index (χ1) is 12.2. The van der Waals surface area contributed by atoms with Crippen LogP contribution in [-0.4, -0.2) is 4.93 Å². The summed E-state index contributed by atoms with van der Waals surface area (Å²) in [4.78, 5) is 1.69. The molecule has 0 radical (unpaired) electrons. The SMILES string of the molecule is CCc1ccc(C)[n+]([O-])c1.CCc1ccc(C)[n+]([O-])c1.CI.[I][V]([I])[I]. The van der Waals surface area contributed by atoms with Crippen LogP contribution in [0.4, 0.5) is 0 Å². The summed E-state index contributed by atoms with van der Waals surface area (Å²) in [5, 5.41) is 21.8. The molecule has 0 amide bonds. The van der Waals surface area contributed by atoms with Gasteiger partial charge in [-0.25, -0.2) is 0 Å². The molecule has 2 aromatic heterocycles. The van der Waals surface area contributed by atoms with Crippen molar-refractivity contribution in [1.82, 2.24) is 0 Å². The van der Waals surface area contributed by atoms with Crippen LogP contribution in [0.25, 0.3) is 0 Å². The summed E-state index contributed by atoms with van der Waals surface area (Å²) in [6.45, 7) is 7.66. The van der Waals surface area contributed by atoms with Gasteiger partial charge in [0, 0.05) is 37.1 Å². The van der Waals surface area contributed by atoms with E-state index in [2.05, 4.69) is 82.5 Å². The van der Waals surface area contributed by atoms with Crippen LogP contribution in [-0.2, 0) is 17.8 Å². The Balaban J connectivity index is 0. The predicted octanol–water partition coefficient (Wildman–Crippen LogP) is 6.09. The van der Waals surface area contributed by atoms with Gasteiger partial charge in [-0.1, -0.05) is 36.4 Å². The number of rotatable bonds is 2. The molecule has 0 saturated heterocycles. The average molecular weight is 848 g/mol. The number of pyridine rings is 2. The van der Waals surface area contributed by atoms with Crippen molar-refractivity contribution < 1.29 is 14.4 Å². The topological polar surface area (TPSA) is 53.9 Å². The van der Waals surface area contributed by atoms with Gasteiger partial charge >= 0.3 is 64.9 Å². The van der Waals surface area contributed by atoms with Crippen molar-refractivity contribution in [3.63, 3.8) is 0 Å². The van der Waals surface area contributed by atoms with E-state index in [0.717, 1.165) is 44.8 Å². The number of nitrogens with zero attached hydrogens (tertiary/aromatic N) is 2. The van der Waals surface area contributed by atoms with Crippen LogP contribution in [0.5, 0.6) is 0 Å². The van der Waals surface area contributed by atoms with Gasteiger partial charge in [0.15, 0.2) is 23.8 Å². The molecule has 0 aliphatic heterocycles. The molecule has 148 valence electrons. The molecule has 2 heterocycles. The Labute approximate surface area is 208 Å². The second-order valence-electron chi connectivity index (χ2n) is 4.91. The molecular formula is C17H25I4N2O2V. The molecule has 0 saturated carbocycles. The molecule has 0 unspecified atom stereocenters. The number of alkyl halides is 1. The Morgan fingerprint density at radius 1 is 0.769 bits per heavy atom. The van der Waals surface area contributed by atoms with Gasteiger partial charge in [0.05, 0.1) is 0 Å². The molecule has 0 bridgehead atoms. The number of halogens is 4. The second-order valence-corrected chi connectivity index (χ2v) is 40.3. The molecule has 0 aliphatic carbocycles. The maximum absolute atomic E-state index is 10.9. The van der Waals surface area contributed by atoms with E-state index in [1.165, 1.54) is 0 Å². The third-order valence-electron chi connectivity index (χ3n) is 3.16. The zero-order valence-electron chi connectivity index (χ0n) is 15.5. The van der Waals surface area contributed by atoms with Crippen LogP contribution in [0.15, 0.2) is 36.7 Å². The van der Waals surface area contributed by atoms with Crippen molar-refractivity contribution in [3.05, 3.63) is 69.6 Å². The molecule has 0 fully saturated rings. The van der Waals surface area contributed by atoms with E-state index < -0.39 is 0 Å². The number of aromatic nitrogens is 2. The first-order valence-electron chi connectivity index (χ1n) is 7.73. The maximum atomic E-state index is 10.9. The summed E-state index contributed by atoms with van der Waals surface area (Å²) in [6.07, 6.45) is 5.08. The van der Waals surface area contributed by atoms with E-state index in [4.69, 9.17) is 0 Å². The summed E-state index contributed by atoms with van der Waals surface area (Å²) in [5.41, 5.74) is 3.66. The van der Waals surface area contributed by atoms with Gasteiger partial charge in [0.1, 0.15) is 0 Å². The number of hydrogen-bond donors (Lipinski definition) is 0. The third-order valence-corrected chi connectivity index (χ3v) is 3.16. The van der Waals surface area contributed by atoms with Gasteiger partial charge in [0.2, 0.25) is 0 Å². The van der Waals surface area contributed by atoms with Crippen molar-refractivity contribution in [1.29, 1.82) is 0 Å². The van der Waals surface area contributed by atoms with Crippen molar-refractivity contribution >= 4 is 82.5 Å². The van der Waals surface area contributed by atoms with E-state index in [1.54, 1.807) is 26.2 Å². The van der Waals surface area contributed by atoms with Gasteiger partial charge in [-0.05, 0) is 29.9 Å². The first kappa shape index (κ1) is 29.6. The molecule has 4 nitrogen and oxygen atoms in total. The molecule has 2 aromatic rings. The number of aryl methyl sites for hydroxylation is 4. The zero-order valence-corrected chi connectivity index (χ0v) is 25.6. The minimum atomic E-state index is -0.278. The van der Waals surface area contributed by atoms with Gasteiger partial charge in [-0.2, -0.15) is 9.46 Å². The molecule has 0 aliphatic rings. The quantitative estimate of drug-likeness (QED) is 0.159. The molecule has 0 N–H and O–H groups in total. The van der Waals surface area contributed by atoms with E-state index in [9.17, 15) is 10.4 Å². The predicted molar refractivity (Wildman–Crippen MR) is 141 cm³/mol. The molecule has 0 aromatic carbocycles. The molecular weight excluding hydrogens is 823 g/mol.